The minimum absolute atomic E-state index is 0. The largest absolute Gasteiger partial charge is 0.492 e. The third kappa shape index (κ3) is 6.87. The van der Waals surface area contributed by atoms with Gasteiger partial charge in [-0.25, -0.2) is 4.99 Å². The maximum atomic E-state index is 5.94. The SMILES string of the molecule is CCNC(=NCCOc1ccc(C(C)C)cc1)N1CCOC(c2cnn(C)c2)C1.I. The van der Waals surface area contributed by atoms with Crippen molar-refractivity contribution < 1.29 is 9.47 Å². The molecule has 1 N–H and O–H groups in total. The van der Waals surface area contributed by atoms with E-state index in [1.165, 1.54) is 5.56 Å². The normalized spacial score (nSPS) is 17.0. The second kappa shape index (κ2) is 12.1. The summed E-state index contributed by atoms with van der Waals surface area (Å²) in [4.78, 5) is 7.01. The predicted octanol–water partition coefficient (Wildman–Crippen LogP) is 3.58. The summed E-state index contributed by atoms with van der Waals surface area (Å²) in [5, 5.41) is 7.65. The van der Waals surface area contributed by atoms with E-state index in [9.17, 15) is 0 Å². The van der Waals surface area contributed by atoms with E-state index in [2.05, 4.69) is 48.2 Å². The van der Waals surface area contributed by atoms with Crippen molar-refractivity contribution in [3.8, 4) is 5.75 Å². The molecule has 0 saturated carbocycles. The first-order chi connectivity index (χ1) is 14.1. The summed E-state index contributed by atoms with van der Waals surface area (Å²) in [6.07, 6.45) is 3.89. The van der Waals surface area contributed by atoms with Crippen LogP contribution in [0.5, 0.6) is 5.75 Å². The lowest BCUT2D eigenvalue weighted by Gasteiger charge is -2.34. The summed E-state index contributed by atoms with van der Waals surface area (Å²) in [5.41, 5.74) is 2.42. The molecule has 7 nitrogen and oxygen atoms in total. The van der Waals surface area contributed by atoms with Crippen LogP contribution in [0.3, 0.4) is 0 Å². The zero-order chi connectivity index (χ0) is 20.6. The zero-order valence-corrected chi connectivity index (χ0v) is 20.7. The van der Waals surface area contributed by atoms with Crippen molar-refractivity contribution >= 4 is 29.9 Å². The van der Waals surface area contributed by atoms with Crippen LogP contribution in [0.2, 0.25) is 0 Å². The molecule has 0 aliphatic carbocycles. The van der Waals surface area contributed by atoms with Gasteiger partial charge in [-0.05, 0) is 30.5 Å². The Bertz CT molecular complexity index is 791. The van der Waals surface area contributed by atoms with Crippen LogP contribution in [0.4, 0.5) is 0 Å². The van der Waals surface area contributed by atoms with Gasteiger partial charge in [-0.2, -0.15) is 5.10 Å². The van der Waals surface area contributed by atoms with Crippen molar-refractivity contribution in [1.82, 2.24) is 20.0 Å². The van der Waals surface area contributed by atoms with Gasteiger partial charge >= 0.3 is 0 Å². The van der Waals surface area contributed by atoms with Gasteiger partial charge in [0.1, 0.15) is 18.5 Å². The molecule has 3 rings (SSSR count). The third-order valence-corrected chi connectivity index (χ3v) is 4.97. The van der Waals surface area contributed by atoms with Crippen molar-refractivity contribution in [2.24, 2.45) is 12.0 Å². The Hall–Kier alpha value is -1.81. The summed E-state index contributed by atoms with van der Waals surface area (Å²) >= 11 is 0. The lowest BCUT2D eigenvalue weighted by atomic mass is 10.0. The molecule has 0 radical (unpaired) electrons. The molecule has 0 amide bonds. The van der Waals surface area contributed by atoms with Crippen LogP contribution in [0.25, 0.3) is 0 Å². The fourth-order valence-corrected chi connectivity index (χ4v) is 3.34. The Kier molecular flexibility index (Phi) is 9.90. The maximum absolute atomic E-state index is 5.94. The van der Waals surface area contributed by atoms with Gasteiger partial charge in [-0.1, -0.05) is 26.0 Å². The van der Waals surface area contributed by atoms with Gasteiger partial charge in [0, 0.05) is 31.9 Å². The minimum atomic E-state index is 0. The number of nitrogens with zero attached hydrogens (tertiary/aromatic N) is 4. The molecule has 1 aromatic heterocycles. The van der Waals surface area contributed by atoms with E-state index >= 15 is 0 Å². The molecule has 2 heterocycles. The zero-order valence-electron chi connectivity index (χ0n) is 18.4. The predicted molar refractivity (Wildman–Crippen MR) is 131 cm³/mol. The molecule has 1 aliphatic heterocycles. The quantitative estimate of drug-likeness (QED) is 0.258. The van der Waals surface area contributed by atoms with Crippen molar-refractivity contribution in [2.75, 3.05) is 39.4 Å². The van der Waals surface area contributed by atoms with E-state index in [1.807, 2.05) is 36.3 Å². The monoisotopic (exact) mass is 527 g/mol. The Morgan fingerprint density at radius 1 is 1.33 bits per heavy atom. The van der Waals surface area contributed by atoms with Gasteiger partial charge in [0.25, 0.3) is 0 Å². The first kappa shape index (κ1) is 24.5. The first-order valence-corrected chi connectivity index (χ1v) is 10.4. The van der Waals surface area contributed by atoms with Gasteiger partial charge < -0.3 is 19.7 Å². The second-order valence-corrected chi connectivity index (χ2v) is 7.56. The van der Waals surface area contributed by atoms with E-state index in [-0.39, 0.29) is 30.1 Å². The average molecular weight is 527 g/mol. The van der Waals surface area contributed by atoms with Crippen LogP contribution in [-0.2, 0) is 11.8 Å². The standard InChI is InChI=1S/C22H33N5O2.HI/c1-5-23-22(24-10-12-28-20-8-6-18(7-9-20)17(2)3)27-11-13-29-21(16-27)19-14-25-26(4)15-19;/h6-9,14-15,17,21H,5,10-13,16H2,1-4H3,(H,23,24);1H. The molecular formula is C22H34IN5O2. The van der Waals surface area contributed by atoms with E-state index in [4.69, 9.17) is 14.5 Å². The van der Waals surface area contributed by atoms with Gasteiger partial charge in [-0.3, -0.25) is 4.68 Å². The molecule has 1 aliphatic rings. The molecule has 0 bridgehead atoms. The lowest BCUT2D eigenvalue weighted by Crippen LogP contribution is -2.48. The lowest BCUT2D eigenvalue weighted by molar-refractivity contribution is -0.00805. The highest BCUT2D eigenvalue weighted by Gasteiger charge is 2.25. The number of rotatable bonds is 7. The molecule has 1 fully saturated rings. The van der Waals surface area contributed by atoms with Crippen LogP contribution in [-0.4, -0.2) is 60.0 Å². The fraction of sp³-hybridized carbons (Fsp3) is 0.545. The Morgan fingerprint density at radius 3 is 2.73 bits per heavy atom. The highest BCUT2D eigenvalue weighted by molar-refractivity contribution is 14.0. The van der Waals surface area contributed by atoms with E-state index in [1.54, 1.807) is 0 Å². The number of nitrogens with one attached hydrogen (secondary N) is 1. The first-order valence-electron chi connectivity index (χ1n) is 10.4. The van der Waals surface area contributed by atoms with Crippen LogP contribution >= 0.6 is 24.0 Å². The molecule has 1 unspecified atom stereocenters. The third-order valence-electron chi connectivity index (χ3n) is 4.97. The molecule has 8 heteroatoms. The molecule has 30 heavy (non-hydrogen) atoms. The van der Waals surface area contributed by atoms with Gasteiger partial charge in [0.15, 0.2) is 5.96 Å². The van der Waals surface area contributed by atoms with Crippen LogP contribution in [0.1, 0.15) is 43.9 Å². The summed E-state index contributed by atoms with van der Waals surface area (Å²) < 4.78 is 13.6. The number of halogens is 1. The Balaban J connectivity index is 0.00000320. The van der Waals surface area contributed by atoms with E-state index in [0.717, 1.165) is 36.9 Å². The second-order valence-electron chi connectivity index (χ2n) is 7.56. The van der Waals surface area contributed by atoms with E-state index in [0.29, 0.717) is 25.7 Å². The Morgan fingerprint density at radius 2 is 2.10 bits per heavy atom. The van der Waals surface area contributed by atoms with Crippen molar-refractivity contribution in [2.45, 2.75) is 32.8 Å². The fourth-order valence-electron chi connectivity index (χ4n) is 3.34. The van der Waals surface area contributed by atoms with Crippen molar-refractivity contribution in [3.63, 3.8) is 0 Å². The molecule has 1 saturated heterocycles. The van der Waals surface area contributed by atoms with Gasteiger partial charge in [0.2, 0.25) is 0 Å². The summed E-state index contributed by atoms with van der Waals surface area (Å²) in [6, 6.07) is 8.31. The number of guanidine groups is 1. The molecule has 0 spiro atoms. The summed E-state index contributed by atoms with van der Waals surface area (Å²) in [5.74, 6) is 2.32. The van der Waals surface area contributed by atoms with E-state index < -0.39 is 0 Å². The maximum Gasteiger partial charge on any atom is 0.194 e. The number of aromatic nitrogens is 2. The average Bonchev–Trinajstić information content (AvgIpc) is 3.17. The number of morpholine rings is 1. The molecule has 1 atom stereocenters. The highest BCUT2D eigenvalue weighted by atomic mass is 127. The minimum Gasteiger partial charge on any atom is -0.492 e. The summed E-state index contributed by atoms with van der Waals surface area (Å²) in [6.45, 7) is 10.7. The molecular weight excluding hydrogens is 493 g/mol. The van der Waals surface area contributed by atoms with Crippen molar-refractivity contribution in [1.29, 1.82) is 0 Å². The number of aliphatic imine (C=N–C) groups is 1. The number of hydrogen-bond donors (Lipinski definition) is 1. The Labute approximate surface area is 196 Å². The van der Waals surface area contributed by atoms with Gasteiger partial charge in [0.05, 0.1) is 25.9 Å². The highest BCUT2D eigenvalue weighted by Crippen LogP contribution is 2.22. The van der Waals surface area contributed by atoms with Crippen molar-refractivity contribution in [3.05, 3.63) is 47.8 Å². The number of aryl methyl sites for hydroxylation is 1. The molecule has 166 valence electrons. The van der Waals surface area contributed by atoms with Crippen LogP contribution in [0, 0.1) is 0 Å². The summed E-state index contributed by atoms with van der Waals surface area (Å²) in [7, 11) is 1.92. The number of benzene rings is 1. The molecule has 2 aromatic rings. The molecule has 1 aromatic carbocycles. The number of hydrogen-bond acceptors (Lipinski definition) is 4. The smallest absolute Gasteiger partial charge is 0.194 e. The topological polar surface area (TPSA) is 63.9 Å². The van der Waals surface area contributed by atoms with Crippen LogP contribution in [0.15, 0.2) is 41.7 Å². The van der Waals surface area contributed by atoms with Gasteiger partial charge in [-0.15, -0.1) is 24.0 Å². The van der Waals surface area contributed by atoms with Crippen LogP contribution < -0.4 is 10.1 Å². The number of ether oxygens (including phenoxy) is 2.